The van der Waals surface area contributed by atoms with Crippen molar-refractivity contribution in [2.75, 3.05) is 18.4 Å². The second-order valence-electron chi connectivity index (χ2n) is 3.73. The lowest BCUT2D eigenvalue weighted by atomic mass is 10.4. The molecule has 0 radical (unpaired) electrons. The molecule has 0 spiro atoms. The summed E-state index contributed by atoms with van der Waals surface area (Å²) in [5.41, 5.74) is 0. The number of hydrogen-bond acceptors (Lipinski definition) is 4. The number of aromatic nitrogens is 2. The van der Waals surface area contributed by atoms with E-state index in [9.17, 15) is 0 Å². The van der Waals surface area contributed by atoms with Crippen LogP contribution in [-0.2, 0) is 0 Å². The molecule has 0 aromatic carbocycles. The summed E-state index contributed by atoms with van der Waals surface area (Å²) in [7, 11) is 0. The third-order valence-electron chi connectivity index (χ3n) is 2.95. The summed E-state index contributed by atoms with van der Waals surface area (Å²) in [6, 6.07) is 2.45. The highest BCUT2D eigenvalue weighted by molar-refractivity contribution is 5.31. The van der Waals surface area contributed by atoms with Gasteiger partial charge in [0.1, 0.15) is 0 Å². The molecular weight excluding hydrogens is 164 g/mol. The third kappa shape index (κ3) is 1.18. The quantitative estimate of drug-likeness (QED) is 0.671. The summed E-state index contributed by atoms with van der Waals surface area (Å²) in [5.74, 6) is 2.38. The predicted octanol–water partition coefficient (Wildman–Crippen LogP) is 0.106. The van der Waals surface area contributed by atoms with Crippen molar-refractivity contribution < 1.29 is 0 Å². The number of anilines is 1. The van der Waals surface area contributed by atoms with E-state index in [1.54, 1.807) is 12.4 Å². The lowest BCUT2D eigenvalue weighted by Gasteiger charge is -2.05. The first-order valence-electron chi connectivity index (χ1n) is 4.69. The van der Waals surface area contributed by atoms with E-state index in [0.717, 1.165) is 30.9 Å². The Hall–Kier alpha value is -1.16. The number of fused-ring (bicyclic) bond motifs is 1. The van der Waals surface area contributed by atoms with Crippen LogP contribution in [0.15, 0.2) is 18.5 Å². The Kier molecular flexibility index (Phi) is 1.49. The van der Waals surface area contributed by atoms with Crippen LogP contribution in [0.2, 0.25) is 0 Å². The van der Waals surface area contributed by atoms with Crippen molar-refractivity contribution in [2.24, 2.45) is 11.8 Å². The van der Waals surface area contributed by atoms with E-state index in [0.29, 0.717) is 6.04 Å². The highest BCUT2D eigenvalue weighted by Crippen LogP contribution is 2.43. The highest BCUT2D eigenvalue weighted by atomic mass is 15.2. The van der Waals surface area contributed by atoms with Gasteiger partial charge in [-0.15, -0.1) is 0 Å². The van der Waals surface area contributed by atoms with Crippen molar-refractivity contribution in [1.82, 2.24) is 15.3 Å². The molecule has 1 saturated carbocycles. The molecular formula is C9H12N4. The molecule has 3 rings (SSSR count). The van der Waals surface area contributed by atoms with Crippen molar-refractivity contribution in [3.63, 3.8) is 0 Å². The Morgan fingerprint density at radius 3 is 2.62 bits per heavy atom. The first kappa shape index (κ1) is 7.26. The molecule has 0 bridgehead atoms. The number of hydrogen-bond donors (Lipinski definition) is 2. The normalized spacial score (nSPS) is 35.5. The summed E-state index contributed by atoms with van der Waals surface area (Å²) in [5, 5.41) is 6.71. The maximum absolute atomic E-state index is 4.14. The Balaban J connectivity index is 1.66. The largest absolute Gasteiger partial charge is 0.351 e. The minimum atomic E-state index is 0.614. The van der Waals surface area contributed by atoms with Gasteiger partial charge in [-0.2, -0.15) is 0 Å². The summed E-state index contributed by atoms with van der Waals surface area (Å²) in [4.78, 5) is 8.29. The molecule has 1 aromatic rings. The van der Waals surface area contributed by atoms with Crippen molar-refractivity contribution in [1.29, 1.82) is 0 Å². The van der Waals surface area contributed by atoms with Gasteiger partial charge in [0.05, 0.1) is 0 Å². The van der Waals surface area contributed by atoms with Gasteiger partial charge < -0.3 is 10.6 Å². The fourth-order valence-electron chi connectivity index (χ4n) is 2.16. The predicted molar refractivity (Wildman–Crippen MR) is 49.3 cm³/mol. The second-order valence-corrected chi connectivity index (χ2v) is 3.73. The van der Waals surface area contributed by atoms with E-state index < -0.39 is 0 Å². The van der Waals surface area contributed by atoms with Gasteiger partial charge in [-0.1, -0.05) is 0 Å². The number of piperidine rings is 1. The van der Waals surface area contributed by atoms with Crippen LogP contribution in [0.25, 0.3) is 0 Å². The molecule has 2 unspecified atom stereocenters. The van der Waals surface area contributed by atoms with E-state index in [-0.39, 0.29) is 0 Å². The average molecular weight is 176 g/mol. The molecule has 68 valence electrons. The molecule has 13 heavy (non-hydrogen) atoms. The highest BCUT2D eigenvalue weighted by Gasteiger charge is 2.53. The van der Waals surface area contributed by atoms with Gasteiger partial charge in [-0.05, 0) is 17.9 Å². The van der Waals surface area contributed by atoms with Crippen LogP contribution < -0.4 is 10.6 Å². The molecule has 0 amide bonds. The van der Waals surface area contributed by atoms with E-state index in [2.05, 4.69) is 20.6 Å². The lowest BCUT2D eigenvalue weighted by molar-refractivity contribution is 0.693. The molecule has 1 aliphatic carbocycles. The first-order valence-corrected chi connectivity index (χ1v) is 4.69. The molecule has 2 fully saturated rings. The van der Waals surface area contributed by atoms with Gasteiger partial charge in [0.15, 0.2) is 0 Å². The molecule has 2 aliphatic rings. The molecule has 2 N–H and O–H groups in total. The van der Waals surface area contributed by atoms with Crippen molar-refractivity contribution in [3.05, 3.63) is 18.5 Å². The van der Waals surface area contributed by atoms with Crippen LogP contribution in [0.5, 0.6) is 0 Å². The number of nitrogens with zero attached hydrogens (tertiary/aromatic N) is 2. The molecule has 1 aromatic heterocycles. The van der Waals surface area contributed by atoms with E-state index in [1.165, 1.54) is 0 Å². The van der Waals surface area contributed by atoms with Crippen LogP contribution in [0.3, 0.4) is 0 Å². The van der Waals surface area contributed by atoms with Crippen molar-refractivity contribution >= 4 is 5.95 Å². The van der Waals surface area contributed by atoms with E-state index in [1.807, 2.05) is 6.07 Å². The monoisotopic (exact) mass is 176 g/mol. The molecule has 4 heteroatoms. The van der Waals surface area contributed by atoms with Crippen LogP contribution in [0, 0.1) is 11.8 Å². The lowest BCUT2D eigenvalue weighted by Crippen LogP contribution is -2.22. The van der Waals surface area contributed by atoms with Gasteiger partial charge in [-0.3, -0.25) is 0 Å². The van der Waals surface area contributed by atoms with Crippen molar-refractivity contribution in [3.8, 4) is 0 Å². The summed E-state index contributed by atoms with van der Waals surface area (Å²) in [6.07, 6.45) is 3.54. The van der Waals surface area contributed by atoms with E-state index >= 15 is 0 Å². The zero-order valence-corrected chi connectivity index (χ0v) is 7.27. The Morgan fingerprint density at radius 2 is 1.92 bits per heavy atom. The Bertz CT molecular complexity index is 290. The maximum atomic E-state index is 4.14. The molecule has 4 nitrogen and oxygen atoms in total. The van der Waals surface area contributed by atoms with Crippen LogP contribution >= 0.6 is 0 Å². The van der Waals surface area contributed by atoms with Gasteiger partial charge in [0.2, 0.25) is 5.95 Å². The van der Waals surface area contributed by atoms with Crippen LogP contribution in [-0.4, -0.2) is 29.1 Å². The molecule has 2 atom stereocenters. The third-order valence-corrected chi connectivity index (χ3v) is 2.95. The summed E-state index contributed by atoms with van der Waals surface area (Å²) < 4.78 is 0. The smallest absolute Gasteiger partial charge is 0.222 e. The van der Waals surface area contributed by atoms with Gasteiger partial charge >= 0.3 is 0 Å². The SMILES string of the molecule is c1cnc(NC2C3CNCC32)nc1. The summed E-state index contributed by atoms with van der Waals surface area (Å²) >= 11 is 0. The van der Waals surface area contributed by atoms with Crippen LogP contribution in [0.4, 0.5) is 5.95 Å². The zero-order valence-electron chi connectivity index (χ0n) is 7.27. The maximum Gasteiger partial charge on any atom is 0.222 e. The Morgan fingerprint density at radius 1 is 1.23 bits per heavy atom. The molecule has 2 heterocycles. The number of rotatable bonds is 2. The van der Waals surface area contributed by atoms with Gasteiger partial charge in [0, 0.05) is 31.5 Å². The van der Waals surface area contributed by atoms with Gasteiger partial charge in [0.25, 0.3) is 0 Å². The topological polar surface area (TPSA) is 49.8 Å². The minimum absolute atomic E-state index is 0.614. The first-order chi connectivity index (χ1) is 6.45. The van der Waals surface area contributed by atoms with Gasteiger partial charge in [-0.25, -0.2) is 9.97 Å². The van der Waals surface area contributed by atoms with Crippen molar-refractivity contribution in [2.45, 2.75) is 6.04 Å². The molecule has 1 aliphatic heterocycles. The minimum Gasteiger partial charge on any atom is -0.351 e. The average Bonchev–Trinajstić information content (AvgIpc) is 2.65. The van der Waals surface area contributed by atoms with Crippen LogP contribution in [0.1, 0.15) is 0 Å². The fourth-order valence-corrected chi connectivity index (χ4v) is 2.16. The van der Waals surface area contributed by atoms with E-state index in [4.69, 9.17) is 0 Å². The second kappa shape index (κ2) is 2.67. The Labute approximate surface area is 76.8 Å². The standard InChI is InChI=1S/C9H12N4/c1-2-11-9(12-3-1)13-8-6-4-10-5-7(6)8/h1-3,6-8,10H,4-5H2,(H,11,12,13). The fraction of sp³-hybridized carbons (Fsp3) is 0.556. The zero-order chi connectivity index (χ0) is 8.67. The summed E-state index contributed by atoms with van der Waals surface area (Å²) in [6.45, 7) is 2.30. The number of nitrogens with one attached hydrogen (secondary N) is 2. The molecule has 1 saturated heterocycles.